The average molecular weight is 331 g/mol. The minimum atomic E-state index is -0.696. The van der Waals surface area contributed by atoms with Crippen LogP contribution in [0, 0.1) is 5.82 Å². The molecule has 1 aliphatic heterocycles. The number of carbonyl (C=O) groups excluding carboxylic acids is 1. The summed E-state index contributed by atoms with van der Waals surface area (Å²) in [7, 11) is 0. The third-order valence-electron chi connectivity index (χ3n) is 4.04. The van der Waals surface area contributed by atoms with Gasteiger partial charge in [-0.3, -0.25) is 4.79 Å². The predicted molar refractivity (Wildman–Crippen MR) is 86.7 cm³/mol. The third kappa shape index (κ3) is 4.41. The smallest absolute Gasteiger partial charge is 0.230 e. The Morgan fingerprint density at radius 1 is 1.45 bits per heavy atom. The highest BCUT2D eigenvalue weighted by molar-refractivity contribution is 5.88. The Kier molecular flexibility index (Phi) is 7.26. The van der Waals surface area contributed by atoms with Crippen LogP contribution in [0.25, 0.3) is 0 Å². The molecule has 1 atom stereocenters. The quantitative estimate of drug-likeness (QED) is 0.869. The van der Waals surface area contributed by atoms with Crippen LogP contribution < -0.4 is 11.1 Å². The summed E-state index contributed by atoms with van der Waals surface area (Å²) in [6.07, 6.45) is 1.86. The molecular weight excluding hydrogens is 307 g/mol. The summed E-state index contributed by atoms with van der Waals surface area (Å²) in [5, 5.41) is 2.95. The minimum absolute atomic E-state index is 0. The molecule has 0 aromatic heterocycles. The minimum Gasteiger partial charge on any atom is -0.381 e. The molecule has 1 unspecified atom stereocenters. The van der Waals surface area contributed by atoms with E-state index in [1.54, 1.807) is 6.07 Å². The third-order valence-corrected chi connectivity index (χ3v) is 4.04. The van der Waals surface area contributed by atoms with Crippen molar-refractivity contribution < 1.29 is 13.9 Å². The molecule has 1 heterocycles. The van der Waals surface area contributed by atoms with Gasteiger partial charge in [0, 0.05) is 25.8 Å². The molecule has 2 rings (SSSR count). The van der Waals surface area contributed by atoms with Crippen molar-refractivity contribution >= 4 is 18.3 Å². The zero-order valence-corrected chi connectivity index (χ0v) is 13.6. The lowest BCUT2D eigenvalue weighted by Gasteiger charge is -2.36. The van der Waals surface area contributed by atoms with Crippen molar-refractivity contribution in [2.75, 3.05) is 19.8 Å². The molecule has 0 bridgehead atoms. The fourth-order valence-corrected chi connectivity index (χ4v) is 2.74. The van der Waals surface area contributed by atoms with Crippen molar-refractivity contribution in [2.24, 2.45) is 5.73 Å². The summed E-state index contributed by atoms with van der Waals surface area (Å²) in [5.41, 5.74) is 5.73. The second kappa shape index (κ2) is 8.46. The van der Waals surface area contributed by atoms with Gasteiger partial charge in [-0.05, 0) is 43.9 Å². The lowest BCUT2D eigenvalue weighted by molar-refractivity contribution is -0.130. The number of nitrogens with one attached hydrogen (secondary N) is 1. The van der Waals surface area contributed by atoms with Gasteiger partial charge in [-0.1, -0.05) is 12.1 Å². The van der Waals surface area contributed by atoms with Crippen molar-refractivity contribution in [1.82, 2.24) is 5.32 Å². The van der Waals surface area contributed by atoms with Crippen LogP contribution in [-0.2, 0) is 14.9 Å². The number of ether oxygens (including phenoxy) is 1. The van der Waals surface area contributed by atoms with E-state index in [1.807, 2.05) is 13.0 Å². The van der Waals surface area contributed by atoms with Crippen LogP contribution in [0.3, 0.4) is 0 Å². The summed E-state index contributed by atoms with van der Waals surface area (Å²) in [5.74, 6) is -0.376. The van der Waals surface area contributed by atoms with Crippen molar-refractivity contribution in [3.05, 3.63) is 35.6 Å². The number of carbonyl (C=O) groups is 1. The normalized spacial score (nSPS) is 18.1. The first-order chi connectivity index (χ1) is 10.0. The van der Waals surface area contributed by atoms with E-state index in [1.165, 1.54) is 12.1 Å². The maximum absolute atomic E-state index is 13.5. The number of nitrogens with two attached hydrogens (primary N) is 1. The summed E-state index contributed by atoms with van der Waals surface area (Å²) < 4.78 is 18.9. The highest BCUT2D eigenvalue weighted by atomic mass is 35.5. The highest BCUT2D eigenvalue weighted by Crippen LogP contribution is 2.35. The molecule has 1 aromatic rings. The Balaban J connectivity index is 0.00000242. The summed E-state index contributed by atoms with van der Waals surface area (Å²) in [6.45, 7) is 3.46. The van der Waals surface area contributed by atoms with Crippen LogP contribution in [0.5, 0.6) is 0 Å². The van der Waals surface area contributed by atoms with Gasteiger partial charge in [-0.15, -0.1) is 12.4 Å². The van der Waals surface area contributed by atoms with Gasteiger partial charge in [-0.2, -0.15) is 0 Å². The first-order valence-electron chi connectivity index (χ1n) is 7.42. The van der Waals surface area contributed by atoms with E-state index in [9.17, 15) is 9.18 Å². The lowest BCUT2D eigenvalue weighted by Crippen LogP contribution is -2.48. The fraction of sp³-hybridized carbons (Fsp3) is 0.562. The monoisotopic (exact) mass is 330 g/mol. The number of benzene rings is 1. The van der Waals surface area contributed by atoms with E-state index in [2.05, 4.69) is 5.32 Å². The zero-order valence-electron chi connectivity index (χ0n) is 12.8. The van der Waals surface area contributed by atoms with Crippen molar-refractivity contribution in [1.29, 1.82) is 0 Å². The Morgan fingerprint density at radius 3 is 2.73 bits per heavy atom. The molecule has 1 amide bonds. The number of amides is 1. The van der Waals surface area contributed by atoms with Crippen LogP contribution in [0.4, 0.5) is 4.39 Å². The Bertz CT molecular complexity index is 491. The van der Waals surface area contributed by atoms with Crippen molar-refractivity contribution in [3.8, 4) is 0 Å². The van der Waals surface area contributed by atoms with E-state index in [4.69, 9.17) is 10.5 Å². The first kappa shape index (κ1) is 18.9. The molecular formula is C16H24ClFN2O2. The molecule has 6 heteroatoms. The molecule has 1 aromatic carbocycles. The van der Waals surface area contributed by atoms with E-state index in [0.29, 0.717) is 32.6 Å². The molecule has 1 saturated heterocycles. The fourth-order valence-electron chi connectivity index (χ4n) is 2.74. The van der Waals surface area contributed by atoms with Gasteiger partial charge in [0.2, 0.25) is 5.91 Å². The van der Waals surface area contributed by atoms with E-state index >= 15 is 0 Å². The molecule has 1 aliphatic rings. The Morgan fingerprint density at radius 2 is 2.14 bits per heavy atom. The molecule has 0 spiro atoms. The zero-order chi connectivity index (χ0) is 15.3. The van der Waals surface area contributed by atoms with Crippen LogP contribution in [0.1, 0.15) is 31.7 Å². The Labute approximate surface area is 137 Å². The number of halogens is 2. The van der Waals surface area contributed by atoms with Crippen LogP contribution in [0.2, 0.25) is 0 Å². The predicted octanol–water partition coefficient (Wildman–Crippen LogP) is 2.15. The SMILES string of the molecule is CC(N)CCNC(=O)C1(c2cccc(F)c2)CCOCC1.Cl. The van der Waals surface area contributed by atoms with Crippen LogP contribution in [0.15, 0.2) is 24.3 Å². The lowest BCUT2D eigenvalue weighted by atomic mass is 9.73. The molecule has 0 aliphatic carbocycles. The number of hydrogen-bond acceptors (Lipinski definition) is 3. The largest absolute Gasteiger partial charge is 0.381 e. The maximum Gasteiger partial charge on any atom is 0.230 e. The molecule has 3 N–H and O–H groups in total. The van der Waals surface area contributed by atoms with Gasteiger partial charge in [-0.25, -0.2) is 4.39 Å². The highest BCUT2D eigenvalue weighted by Gasteiger charge is 2.41. The van der Waals surface area contributed by atoms with Gasteiger partial charge in [0.15, 0.2) is 0 Å². The Hall–Kier alpha value is -1.17. The van der Waals surface area contributed by atoms with Crippen molar-refractivity contribution in [3.63, 3.8) is 0 Å². The van der Waals surface area contributed by atoms with Crippen LogP contribution >= 0.6 is 12.4 Å². The van der Waals surface area contributed by atoms with Crippen LogP contribution in [-0.4, -0.2) is 31.7 Å². The van der Waals surface area contributed by atoms with Crippen molar-refractivity contribution in [2.45, 2.75) is 37.6 Å². The van der Waals surface area contributed by atoms with Gasteiger partial charge in [0.1, 0.15) is 5.82 Å². The molecule has 0 radical (unpaired) electrons. The maximum atomic E-state index is 13.5. The molecule has 22 heavy (non-hydrogen) atoms. The second-order valence-corrected chi connectivity index (χ2v) is 5.73. The molecule has 124 valence electrons. The standard InChI is InChI=1S/C16H23FN2O2.ClH/c1-12(18)5-8-19-15(20)16(6-9-21-10-7-16)13-3-2-4-14(17)11-13;/h2-4,11-12H,5-10,18H2,1H3,(H,19,20);1H. The van der Waals surface area contributed by atoms with E-state index in [0.717, 1.165) is 12.0 Å². The van der Waals surface area contributed by atoms with Gasteiger partial charge in [0.05, 0.1) is 5.41 Å². The first-order valence-corrected chi connectivity index (χ1v) is 7.42. The van der Waals surface area contributed by atoms with Gasteiger partial charge >= 0.3 is 0 Å². The topological polar surface area (TPSA) is 64.3 Å². The molecule has 0 saturated carbocycles. The van der Waals surface area contributed by atoms with Gasteiger partial charge < -0.3 is 15.8 Å². The molecule has 4 nitrogen and oxygen atoms in total. The number of hydrogen-bond donors (Lipinski definition) is 2. The second-order valence-electron chi connectivity index (χ2n) is 5.73. The van der Waals surface area contributed by atoms with Gasteiger partial charge in [0.25, 0.3) is 0 Å². The average Bonchev–Trinajstić information content (AvgIpc) is 2.47. The number of rotatable bonds is 5. The molecule has 1 fully saturated rings. The summed E-state index contributed by atoms with van der Waals surface area (Å²) in [4.78, 5) is 12.7. The summed E-state index contributed by atoms with van der Waals surface area (Å²) >= 11 is 0. The summed E-state index contributed by atoms with van der Waals surface area (Å²) in [6, 6.07) is 6.36. The van der Waals surface area contributed by atoms with E-state index < -0.39 is 5.41 Å². The van der Waals surface area contributed by atoms with E-state index in [-0.39, 0.29) is 30.2 Å².